The number of amides is 2. The number of nitrogens with zero attached hydrogens (tertiary/aromatic N) is 2. The van der Waals surface area contributed by atoms with E-state index in [2.05, 4.69) is 15.7 Å². The molecule has 1 saturated carbocycles. The summed E-state index contributed by atoms with van der Waals surface area (Å²) in [5.41, 5.74) is 1.65. The van der Waals surface area contributed by atoms with Crippen molar-refractivity contribution in [3.05, 3.63) is 42.0 Å². The van der Waals surface area contributed by atoms with E-state index in [1.165, 1.54) is 10.7 Å². The third kappa shape index (κ3) is 4.57. The quantitative estimate of drug-likeness (QED) is 0.796. The first-order chi connectivity index (χ1) is 12.0. The lowest BCUT2D eigenvalue weighted by Crippen LogP contribution is -2.35. The lowest BCUT2D eigenvalue weighted by Gasteiger charge is -2.25. The van der Waals surface area contributed by atoms with Crippen LogP contribution in [-0.2, 0) is 0 Å². The van der Waals surface area contributed by atoms with E-state index in [1.54, 1.807) is 24.5 Å². The Bertz CT molecular complexity index is 746. The molecule has 3 N–H and O–H groups in total. The predicted molar refractivity (Wildman–Crippen MR) is 93.2 cm³/mol. The van der Waals surface area contributed by atoms with Crippen LogP contribution in [0.3, 0.4) is 0 Å². The molecule has 2 amide bonds. The van der Waals surface area contributed by atoms with Crippen molar-refractivity contribution in [2.24, 2.45) is 5.92 Å². The molecule has 1 fully saturated rings. The second-order valence-corrected chi connectivity index (χ2v) is 6.65. The molecule has 1 aromatic carbocycles. The zero-order valence-corrected chi connectivity index (χ0v) is 14.2. The molecule has 134 valence electrons. The number of carbonyl (C=O) groups excluding carboxylic acids is 1. The Kier molecular flexibility index (Phi) is 5.33. The summed E-state index contributed by atoms with van der Waals surface area (Å²) in [7, 11) is 0. The van der Waals surface area contributed by atoms with Gasteiger partial charge in [0.2, 0.25) is 0 Å². The van der Waals surface area contributed by atoms with Crippen LogP contribution in [0.4, 0.5) is 14.9 Å². The largest absolute Gasteiger partial charge is 0.393 e. The van der Waals surface area contributed by atoms with Crippen LogP contribution >= 0.6 is 0 Å². The van der Waals surface area contributed by atoms with Gasteiger partial charge in [-0.15, -0.1) is 0 Å². The standard InChI is InChI=1S/C18H23FN4O2/c1-12-9-21-23(11-12)17-6-5-14(8-16(17)19)22-18(25)20-10-13-3-2-4-15(24)7-13/h5-6,8-9,11,13,15,24H,2-4,7,10H2,1H3,(H2,20,22,25). The number of aliphatic hydroxyl groups is 1. The molecule has 1 aliphatic rings. The monoisotopic (exact) mass is 346 g/mol. The lowest BCUT2D eigenvalue weighted by atomic mass is 9.87. The smallest absolute Gasteiger partial charge is 0.319 e. The van der Waals surface area contributed by atoms with E-state index in [-0.39, 0.29) is 18.1 Å². The number of urea groups is 1. The molecule has 3 rings (SSSR count). The van der Waals surface area contributed by atoms with Crippen LogP contribution in [-0.4, -0.2) is 33.6 Å². The van der Waals surface area contributed by atoms with Crippen LogP contribution in [0.1, 0.15) is 31.2 Å². The van der Waals surface area contributed by atoms with Crippen molar-refractivity contribution in [1.82, 2.24) is 15.1 Å². The molecule has 0 saturated heterocycles. The minimum Gasteiger partial charge on any atom is -0.393 e. The number of benzene rings is 1. The molecule has 0 spiro atoms. The van der Waals surface area contributed by atoms with E-state index in [4.69, 9.17) is 0 Å². The number of anilines is 1. The zero-order chi connectivity index (χ0) is 17.8. The lowest BCUT2D eigenvalue weighted by molar-refractivity contribution is 0.101. The first kappa shape index (κ1) is 17.4. The molecule has 0 bridgehead atoms. The van der Waals surface area contributed by atoms with Crippen LogP contribution in [0.25, 0.3) is 5.69 Å². The summed E-state index contributed by atoms with van der Waals surface area (Å²) in [6.45, 7) is 2.39. The number of aliphatic hydroxyl groups excluding tert-OH is 1. The van der Waals surface area contributed by atoms with Gasteiger partial charge in [-0.25, -0.2) is 13.9 Å². The Morgan fingerprint density at radius 2 is 2.28 bits per heavy atom. The Morgan fingerprint density at radius 1 is 1.44 bits per heavy atom. The summed E-state index contributed by atoms with van der Waals surface area (Å²) in [5, 5.41) is 19.2. The van der Waals surface area contributed by atoms with Crippen molar-refractivity contribution in [1.29, 1.82) is 0 Å². The van der Waals surface area contributed by atoms with Gasteiger partial charge in [-0.3, -0.25) is 0 Å². The highest BCUT2D eigenvalue weighted by Gasteiger charge is 2.20. The van der Waals surface area contributed by atoms with Crippen molar-refractivity contribution in [2.45, 2.75) is 38.7 Å². The summed E-state index contributed by atoms with van der Waals surface area (Å²) >= 11 is 0. The van der Waals surface area contributed by atoms with E-state index in [1.807, 2.05) is 6.92 Å². The van der Waals surface area contributed by atoms with Gasteiger partial charge in [0, 0.05) is 18.4 Å². The van der Waals surface area contributed by atoms with Gasteiger partial charge in [0.05, 0.1) is 12.3 Å². The van der Waals surface area contributed by atoms with Gasteiger partial charge in [-0.2, -0.15) is 5.10 Å². The molecule has 1 aromatic heterocycles. The highest BCUT2D eigenvalue weighted by atomic mass is 19.1. The van der Waals surface area contributed by atoms with Gasteiger partial charge in [-0.1, -0.05) is 6.42 Å². The van der Waals surface area contributed by atoms with Crippen LogP contribution in [0.2, 0.25) is 0 Å². The molecule has 0 radical (unpaired) electrons. The summed E-state index contributed by atoms with van der Waals surface area (Å²) in [5.74, 6) is -0.173. The van der Waals surface area contributed by atoms with Crippen LogP contribution < -0.4 is 10.6 Å². The molecule has 2 unspecified atom stereocenters. The number of hydrogen-bond acceptors (Lipinski definition) is 3. The van der Waals surface area contributed by atoms with E-state index in [0.717, 1.165) is 24.8 Å². The molecular formula is C18H23FN4O2. The average Bonchev–Trinajstić information content (AvgIpc) is 2.99. The molecule has 0 aliphatic heterocycles. The Hall–Kier alpha value is -2.41. The summed E-state index contributed by atoms with van der Waals surface area (Å²) in [6.07, 6.45) is 6.66. The molecular weight excluding hydrogens is 323 g/mol. The number of aromatic nitrogens is 2. The van der Waals surface area contributed by atoms with Crippen molar-refractivity contribution in [3.63, 3.8) is 0 Å². The number of rotatable bonds is 4. The van der Waals surface area contributed by atoms with Crippen molar-refractivity contribution in [3.8, 4) is 5.69 Å². The number of nitrogens with one attached hydrogen (secondary N) is 2. The van der Waals surface area contributed by atoms with Gasteiger partial charge >= 0.3 is 6.03 Å². The topological polar surface area (TPSA) is 79.2 Å². The third-order valence-electron chi connectivity index (χ3n) is 4.47. The highest BCUT2D eigenvalue weighted by Crippen LogP contribution is 2.23. The number of aryl methyl sites for hydroxylation is 1. The molecule has 2 aromatic rings. The number of hydrogen-bond donors (Lipinski definition) is 3. The van der Waals surface area contributed by atoms with Crippen molar-refractivity contribution < 1.29 is 14.3 Å². The Labute approximate surface area is 146 Å². The minimum absolute atomic E-state index is 0.267. The van der Waals surface area contributed by atoms with Gasteiger partial charge in [0.15, 0.2) is 5.82 Å². The second-order valence-electron chi connectivity index (χ2n) is 6.65. The molecule has 7 heteroatoms. The number of halogens is 1. The average molecular weight is 346 g/mol. The van der Waals surface area contributed by atoms with E-state index < -0.39 is 5.82 Å². The molecule has 6 nitrogen and oxygen atoms in total. The Balaban J connectivity index is 1.55. The van der Waals surface area contributed by atoms with Crippen molar-refractivity contribution >= 4 is 11.7 Å². The predicted octanol–water partition coefficient (Wildman–Crippen LogP) is 2.99. The van der Waals surface area contributed by atoms with Crippen LogP contribution in [0.15, 0.2) is 30.6 Å². The van der Waals surface area contributed by atoms with E-state index >= 15 is 0 Å². The van der Waals surface area contributed by atoms with Gasteiger partial charge in [0.1, 0.15) is 5.69 Å². The molecule has 2 atom stereocenters. The summed E-state index contributed by atoms with van der Waals surface area (Å²) < 4.78 is 15.7. The zero-order valence-electron chi connectivity index (χ0n) is 14.2. The fourth-order valence-corrected chi connectivity index (χ4v) is 3.18. The third-order valence-corrected chi connectivity index (χ3v) is 4.47. The van der Waals surface area contributed by atoms with E-state index in [0.29, 0.717) is 24.3 Å². The van der Waals surface area contributed by atoms with Crippen LogP contribution in [0, 0.1) is 18.7 Å². The maximum Gasteiger partial charge on any atom is 0.319 e. The fraction of sp³-hybridized carbons (Fsp3) is 0.444. The van der Waals surface area contributed by atoms with Crippen molar-refractivity contribution in [2.75, 3.05) is 11.9 Å². The number of carbonyl (C=O) groups is 1. The second kappa shape index (κ2) is 7.65. The van der Waals surface area contributed by atoms with E-state index in [9.17, 15) is 14.3 Å². The van der Waals surface area contributed by atoms with Gasteiger partial charge in [0.25, 0.3) is 0 Å². The normalized spacial score (nSPS) is 20.3. The first-order valence-electron chi connectivity index (χ1n) is 8.55. The molecule has 1 aliphatic carbocycles. The molecule has 25 heavy (non-hydrogen) atoms. The highest BCUT2D eigenvalue weighted by molar-refractivity contribution is 5.89. The summed E-state index contributed by atoms with van der Waals surface area (Å²) in [4.78, 5) is 12.0. The fourth-order valence-electron chi connectivity index (χ4n) is 3.18. The maximum absolute atomic E-state index is 14.3. The maximum atomic E-state index is 14.3. The van der Waals surface area contributed by atoms with Gasteiger partial charge in [-0.05, 0) is 55.9 Å². The Morgan fingerprint density at radius 3 is 2.96 bits per heavy atom. The van der Waals surface area contributed by atoms with Crippen LogP contribution in [0.5, 0.6) is 0 Å². The first-order valence-corrected chi connectivity index (χ1v) is 8.55. The van der Waals surface area contributed by atoms with Gasteiger partial charge < -0.3 is 15.7 Å². The minimum atomic E-state index is -0.462. The summed E-state index contributed by atoms with van der Waals surface area (Å²) in [6, 6.07) is 4.12. The molecule has 1 heterocycles. The SMILES string of the molecule is Cc1cnn(-c2ccc(NC(=O)NCC3CCCC(O)C3)cc2F)c1.